The molecule has 5 nitrogen and oxygen atoms in total. The minimum absolute atomic E-state index is 0.203. The van der Waals surface area contributed by atoms with Gasteiger partial charge in [-0.2, -0.15) is 0 Å². The monoisotopic (exact) mass is 256 g/mol. The summed E-state index contributed by atoms with van der Waals surface area (Å²) in [7, 11) is 0. The maximum atomic E-state index is 12.1. The Balaban J connectivity index is 2.76. The maximum Gasteiger partial charge on any atom is 0.410 e. The van der Waals surface area contributed by atoms with Crippen molar-refractivity contribution in [3.63, 3.8) is 0 Å². The minimum atomic E-state index is -0.507. The average molecular weight is 256 g/mol. The highest BCUT2D eigenvalue weighted by Crippen LogP contribution is 2.18. The Morgan fingerprint density at radius 3 is 2.67 bits per heavy atom. The first-order chi connectivity index (χ1) is 8.22. The van der Waals surface area contributed by atoms with Gasteiger partial charge in [0.1, 0.15) is 5.60 Å². The molecule has 104 valence electrons. The molecule has 1 aliphatic rings. The van der Waals surface area contributed by atoms with Crippen LogP contribution >= 0.6 is 0 Å². The van der Waals surface area contributed by atoms with E-state index in [9.17, 15) is 4.79 Å². The number of morpholine rings is 1. The van der Waals surface area contributed by atoms with Crippen molar-refractivity contribution in [2.75, 3.05) is 19.8 Å². The van der Waals surface area contributed by atoms with Gasteiger partial charge in [-0.1, -0.05) is 12.2 Å². The number of ether oxygens (including phenoxy) is 2. The molecule has 0 saturated carbocycles. The third-order valence-corrected chi connectivity index (χ3v) is 2.78. The Labute approximate surface area is 109 Å². The maximum absolute atomic E-state index is 12.1. The van der Waals surface area contributed by atoms with Crippen LogP contribution in [0.4, 0.5) is 4.79 Å². The van der Waals surface area contributed by atoms with Gasteiger partial charge in [-0.15, -0.1) is 0 Å². The molecule has 1 amide bonds. The van der Waals surface area contributed by atoms with E-state index in [0.717, 1.165) is 5.57 Å². The van der Waals surface area contributed by atoms with Crippen LogP contribution in [0.1, 0.15) is 27.7 Å². The number of amides is 1. The Hall–Kier alpha value is -1.07. The second kappa shape index (κ2) is 5.71. The SMILES string of the molecule is C=C(C)C(N)C1COCCN1C(=O)OC(C)(C)C. The molecule has 5 heteroatoms. The molecule has 0 bridgehead atoms. The van der Waals surface area contributed by atoms with Crippen molar-refractivity contribution in [1.29, 1.82) is 0 Å². The number of nitrogens with zero attached hydrogens (tertiary/aromatic N) is 1. The molecule has 2 N–H and O–H groups in total. The number of nitrogens with two attached hydrogens (primary N) is 1. The smallest absolute Gasteiger partial charge is 0.410 e. The quantitative estimate of drug-likeness (QED) is 0.761. The van der Waals surface area contributed by atoms with Crippen LogP contribution in [0.5, 0.6) is 0 Å². The Kier molecular flexibility index (Phi) is 4.76. The molecule has 0 radical (unpaired) electrons. The Morgan fingerprint density at radius 2 is 2.17 bits per heavy atom. The molecule has 0 aromatic rings. The Morgan fingerprint density at radius 1 is 1.56 bits per heavy atom. The van der Waals surface area contributed by atoms with Gasteiger partial charge in [-0.05, 0) is 27.7 Å². The molecule has 1 saturated heterocycles. The lowest BCUT2D eigenvalue weighted by atomic mass is 10.0. The first kappa shape index (κ1) is 15.0. The molecule has 0 aromatic heterocycles. The molecular formula is C13H24N2O3. The summed E-state index contributed by atoms with van der Waals surface area (Å²) in [6.45, 7) is 12.7. The van der Waals surface area contributed by atoms with Crippen LogP contribution in [0.25, 0.3) is 0 Å². The topological polar surface area (TPSA) is 64.8 Å². The van der Waals surface area contributed by atoms with Crippen molar-refractivity contribution >= 4 is 6.09 Å². The van der Waals surface area contributed by atoms with Crippen molar-refractivity contribution in [3.05, 3.63) is 12.2 Å². The van der Waals surface area contributed by atoms with Crippen LogP contribution in [-0.4, -0.2) is 48.4 Å². The fourth-order valence-electron chi connectivity index (χ4n) is 1.80. The highest BCUT2D eigenvalue weighted by atomic mass is 16.6. The lowest BCUT2D eigenvalue weighted by Crippen LogP contribution is -2.57. The van der Waals surface area contributed by atoms with E-state index in [1.54, 1.807) is 4.90 Å². The number of carbonyl (C=O) groups excluding carboxylic acids is 1. The Bertz CT molecular complexity index is 323. The lowest BCUT2D eigenvalue weighted by molar-refractivity contribution is -0.0353. The molecule has 1 aliphatic heterocycles. The summed E-state index contributed by atoms with van der Waals surface area (Å²) in [4.78, 5) is 13.8. The zero-order valence-electron chi connectivity index (χ0n) is 11.7. The second-order valence-corrected chi connectivity index (χ2v) is 5.69. The summed E-state index contributed by atoms with van der Waals surface area (Å²) in [6, 6.07) is -0.496. The van der Waals surface area contributed by atoms with E-state index in [1.165, 1.54) is 0 Å². The molecule has 1 heterocycles. The zero-order valence-corrected chi connectivity index (χ0v) is 11.7. The van der Waals surface area contributed by atoms with Gasteiger partial charge in [-0.25, -0.2) is 4.79 Å². The number of rotatable bonds is 2. The van der Waals surface area contributed by atoms with Gasteiger partial charge in [-0.3, -0.25) is 4.90 Å². The highest BCUT2D eigenvalue weighted by Gasteiger charge is 2.34. The van der Waals surface area contributed by atoms with Gasteiger partial charge < -0.3 is 15.2 Å². The van der Waals surface area contributed by atoms with E-state index < -0.39 is 5.60 Å². The highest BCUT2D eigenvalue weighted by molar-refractivity contribution is 5.69. The summed E-state index contributed by atoms with van der Waals surface area (Å²) in [6.07, 6.45) is -0.340. The first-order valence-electron chi connectivity index (χ1n) is 6.20. The summed E-state index contributed by atoms with van der Waals surface area (Å²) >= 11 is 0. The fraction of sp³-hybridized carbons (Fsp3) is 0.769. The van der Waals surface area contributed by atoms with Gasteiger partial charge in [0.05, 0.1) is 19.3 Å². The zero-order chi connectivity index (χ0) is 13.9. The van der Waals surface area contributed by atoms with Crippen molar-refractivity contribution in [3.8, 4) is 0 Å². The predicted octanol–water partition coefficient (Wildman–Crippen LogP) is 1.53. The summed E-state index contributed by atoms with van der Waals surface area (Å²) < 4.78 is 10.8. The minimum Gasteiger partial charge on any atom is -0.444 e. The van der Waals surface area contributed by atoms with Crippen LogP contribution in [-0.2, 0) is 9.47 Å². The number of hydrogen-bond donors (Lipinski definition) is 1. The van der Waals surface area contributed by atoms with Crippen molar-refractivity contribution in [1.82, 2.24) is 4.90 Å². The van der Waals surface area contributed by atoms with E-state index in [2.05, 4.69) is 6.58 Å². The molecule has 0 aromatic carbocycles. The van der Waals surface area contributed by atoms with Gasteiger partial charge in [0, 0.05) is 12.6 Å². The standard InChI is InChI=1S/C13H24N2O3/c1-9(2)11(14)10-8-17-7-6-15(10)12(16)18-13(3,4)5/h10-11H,1,6-8,14H2,2-5H3. The van der Waals surface area contributed by atoms with Crippen LogP contribution in [0.15, 0.2) is 12.2 Å². The molecule has 1 rings (SSSR count). The van der Waals surface area contributed by atoms with Crippen LogP contribution in [0.3, 0.4) is 0 Å². The largest absolute Gasteiger partial charge is 0.444 e. The molecule has 0 spiro atoms. The van der Waals surface area contributed by atoms with Crippen molar-refractivity contribution in [2.24, 2.45) is 5.73 Å². The average Bonchev–Trinajstić information content (AvgIpc) is 2.25. The lowest BCUT2D eigenvalue weighted by Gasteiger charge is -2.39. The van der Waals surface area contributed by atoms with Crippen LogP contribution in [0, 0.1) is 0 Å². The molecule has 1 fully saturated rings. The number of carbonyl (C=O) groups is 1. The van der Waals surface area contributed by atoms with E-state index in [0.29, 0.717) is 19.8 Å². The van der Waals surface area contributed by atoms with Crippen molar-refractivity contribution < 1.29 is 14.3 Å². The first-order valence-corrected chi connectivity index (χ1v) is 6.20. The van der Waals surface area contributed by atoms with E-state index in [1.807, 2.05) is 27.7 Å². The fourth-order valence-corrected chi connectivity index (χ4v) is 1.80. The third kappa shape index (κ3) is 3.99. The third-order valence-electron chi connectivity index (χ3n) is 2.78. The van der Waals surface area contributed by atoms with Gasteiger partial charge in [0.15, 0.2) is 0 Å². The van der Waals surface area contributed by atoms with Crippen LogP contribution in [0.2, 0.25) is 0 Å². The second-order valence-electron chi connectivity index (χ2n) is 5.69. The van der Waals surface area contributed by atoms with Gasteiger partial charge >= 0.3 is 6.09 Å². The molecule has 2 unspecified atom stereocenters. The summed E-state index contributed by atoms with van der Waals surface area (Å²) in [5.41, 5.74) is 6.38. The van der Waals surface area contributed by atoms with Crippen LogP contribution < -0.4 is 5.73 Å². The number of hydrogen-bond acceptors (Lipinski definition) is 4. The van der Waals surface area contributed by atoms with Gasteiger partial charge in [0.25, 0.3) is 0 Å². The van der Waals surface area contributed by atoms with E-state index >= 15 is 0 Å². The summed E-state index contributed by atoms with van der Waals surface area (Å²) in [5, 5.41) is 0. The van der Waals surface area contributed by atoms with Gasteiger partial charge in [0.2, 0.25) is 0 Å². The molecule has 0 aliphatic carbocycles. The van der Waals surface area contributed by atoms with Crippen molar-refractivity contribution in [2.45, 2.75) is 45.4 Å². The van der Waals surface area contributed by atoms with E-state index in [4.69, 9.17) is 15.2 Å². The summed E-state index contributed by atoms with van der Waals surface area (Å²) in [5.74, 6) is 0. The molecule has 2 atom stereocenters. The predicted molar refractivity (Wildman–Crippen MR) is 70.3 cm³/mol. The molecule has 18 heavy (non-hydrogen) atoms. The normalized spacial score (nSPS) is 22.5. The van der Waals surface area contributed by atoms with E-state index in [-0.39, 0.29) is 18.2 Å². The molecular weight excluding hydrogens is 232 g/mol.